The van der Waals surface area contributed by atoms with Gasteiger partial charge in [0.05, 0.1) is 11.1 Å². The zero-order chi connectivity index (χ0) is 8.72. The lowest BCUT2D eigenvalue weighted by Gasteiger charge is -1.94. The molecule has 3 N–H and O–H groups in total. The minimum atomic E-state index is -0.788. The summed E-state index contributed by atoms with van der Waals surface area (Å²) in [6.45, 7) is 0. The van der Waals surface area contributed by atoms with Crippen LogP contribution in [0.5, 0.6) is 0 Å². The molecule has 0 aromatic carbocycles. The van der Waals surface area contributed by atoms with Gasteiger partial charge in [-0.3, -0.25) is 0 Å². The van der Waals surface area contributed by atoms with Crippen molar-refractivity contribution in [2.75, 3.05) is 5.73 Å². The van der Waals surface area contributed by atoms with Crippen molar-refractivity contribution in [1.29, 1.82) is 0 Å². The fourth-order valence-corrected chi connectivity index (χ4v) is 1.01. The van der Waals surface area contributed by atoms with E-state index in [0.29, 0.717) is 0 Å². The second-order valence-electron chi connectivity index (χ2n) is 2.40. The zero-order valence-electron chi connectivity index (χ0n) is 5.94. The fourth-order valence-electron chi connectivity index (χ4n) is 1.01. The third-order valence-electron chi connectivity index (χ3n) is 1.60. The maximum absolute atomic E-state index is 12.8. The van der Waals surface area contributed by atoms with Gasteiger partial charge in [-0.15, -0.1) is 0 Å². The summed E-state index contributed by atoms with van der Waals surface area (Å²) in [7, 11) is 0. The highest BCUT2D eigenvalue weighted by Crippen LogP contribution is 2.19. The number of aromatic nitrogens is 2. The molecule has 0 fully saturated rings. The SMILES string of the molecule is Nc1cc2c(F)c[nH]c2nc1F. The Hall–Kier alpha value is -1.65. The number of hydrogen-bond acceptors (Lipinski definition) is 2. The van der Waals surface area contributed by atoms with Crippen LogP contribution >= 0.6 is 0 Å². The third kappa shape index (κ3) is 0.827. The lowest BCUT2D eigenvalue weighted by Crippen LogP contribution is -1.93. The van der Waals surface area contributed by atoms with E-state index in [2.05, 4.69) is 9.97 Å². The van der Waals surface area contributed by atoms with E-state index in [1.54, 1.807) is 0 Å². The Labute approximate surface area is 66.2 Å². The molecule has 0 bridgehead atoms. The molecular formula is C7H5F2N3. The summed E-state index contributed by atoms with van der Waals surface area (Å²) in [5.41, 5.74) is 5.21. The number of nitrogens with one attached hydrogen (secondary N) is 1. The molecule has 2 aromatic rings. The molecule has 0 amide bonds. The van der Waals surface area contributed by atoms with Crippen molar-refractivity contribution < 1.29 is 8.78 Å². The van der Waals surface area contributed by atoms with Crippen LogP contribution in [0.2, 0.25) is 0 Å². The molecule has 2 aromatic heterocycles. The number of rotatable bonds is 0. The molecule has 0 saturated heterocycles. The number of pyridine rings is 1. The quantitative estimate of drug-likeness (QED) is 0.586. The molecule has 0 aliphatic rings. The van der Waals surface area contributed by atoms with Crippen LogP contribution in [0.3, 0.4) is 0 Å². The Morgan fingerprint density at radius 3 is 2.92 bits per heavy atom. The number of aromatic amines is 1. The molecule has 0 saturated carbocycles. The van der Waals surface area contributed by atoms with Crippen molar-refractivity contribution in [1.82, 2.24) is 9.97 Å². The minimum Gasteiger partial charge on any atom is -0.395 e. The first kappa shape index (κ1) is 7.02. The van der Waals surface area contributed by atoms with Crippen LogP contribution < -0.4 is 5.73 Å². The van der Waals surface area contributed by atoms with Gasteiger partial charge in [-0.1, -0.05) is 0 Å². The van der Waals surface area contributed by atoms with Crippen LogP contribution in [0, 0.1) is 11.8 Å². The highest BCUT2D eigenvalue weighted by atomic mass is 19.1. The van der Waals surface area contributed by atoms with Gasteiger partial charge in [-0.05, 0) is 6.07 Å². The van der Waals surface area contributed by atoms with E-state index in [1.165, 1.54) is 6.07 Å². The maximum atomic E-state index is 12.8. The van der Waals surface area contributed by atoms with E-state index in [-0.39, 0.29) is 16.7 Å². The molecular weight excluding hydrogens is 164 g/mol. The molecule has 0 atom stereocenters. The Morgan fingerprint density at radius 1 is 1.42 bits per heavy atom. The van der Waals surface area contributed by atoms with Crippen LogP contribution in [0.1, 0.15) is 0 Å². The molecule has 0 radical (unpaired) electrons. The predicted octanol–water partition coefficient (Wildman–Crippen LogP) is 1.42. The topological polar surface area (TPSA) is 54.7 Å². The second kappa shape index (κ2) is 2.17. The average Bonchev–Trinajstić information content (AvgIpc) is 2.35. The number of halogens is 2. The molecule has 0 spiro atoms. The van der Waals surface area contributed by atoms with Gasteiger partial charge in [-0.25, -0.2) is 4.39 Å². The van der Waals surface area contributed by atoms with E-state index >= 15 is 0 Å². The molecule has 5 heteroatoms. The van der Waals surface area contributed by atoms with Crippen molar-refractivity contribution in [2.45, 2.75) is 0 Å². The lowest BCUT2D eigenvalue weighted by atomic mass is 10.3. The summed E-state index contributed by atoms with van der Waals surface area (Å²) in [5, 5.41) is 0.203. The molecule has 62 valence electrons. The number of hydrogen-bond donors (Lipinski definition) is 2. The Bertz CT molecular complexity index is 435. The first-order valence-corrected chi connectivity index (χ1v) is 3.27. The number of anilines is 1. The van der Waals surface area contributed by atoms with Crippen LogP contribution in [0.25, 0.3) is 11.0 Å². The minimum absolute atomic E-state index is 0.152. The predicted molar refractivity (Wildman–Crippen MR) is 40.4 cm³/mol. The maximum Gasteiger partial charge on any atom is 0.238 e. The summed E-state index contributed by atoms with van der Waals surface area (Å²) in [4.78, 5) is 5.88. The zero-order valence-corrected chi connectivity index (χ0v) is 5.94. The number of fused-ring (bicyclic) bond motifs is 1. The van der Waals surface area contributed by atoms with Crippen molar-refractivity contribution in [3.05, 3.63) is 24.0 Å². The van der Waals surface area contributed by atoms with Crippen molar-refractivity contribution in [3.8, 4) is 0 Å². The summed E-state index contributed by atoms with van der Waals surface area (Å²) >= 11 is 0. The Morgan fingerprint density at radius 2 is 2.17 bits per heavy atom. The molecule has 0 aliphatic heterocycles. The molecule has 2 rings (SSSR count). The van der Waals surface area contributed by atoms with E-state index in [9.17, 15) is 8.78 Å². The molecule has 0 unspecified atom stereocenters. The highest BCUT2D eigenvalue weighted by Gasteiger charge is 2.07. The normalized spacial score (nSPS) is 10.8. The molecule has 3 nitrogen and oxygen atoms in total. The monoisotopic (exact) mass is 169 g/mol. The molecule has 0 aliphatic carbocycles. The van der Waals surface area contributed by atoms with Gasteiger partial charge in [0.25, 0.3) is 0 Å². The first-order chi connectivity index (χ1) is 5.68. The highest BCUT2D eigenvalue weighted by molar-refractivity contribution is 5.79. The number of nitrogens with two attached hydrogens (primary N) is 1. The molecule has 2 heterocycles. The number of nitrogen functional groups attached to an aromatic ring is 1. The average molecular weight is 169 g/mol. The summed E-state index contributed by atoms with van der Waals surface area (Å²) < 4.78 is 25.5. The Kier molecular flexibility index (Phi) is 1.27. The largest absolute Gasteiger partial charge is 0.395 e. The van der Waals surface area contributed by atoms with Crippen LogP contribution in [-0.4, -0.2) is 9.97 Å². The van der Waals surface area contributed by atoms with Gasteiger partial charge in [0, 0.05) is 6.20 Å². The summed E-state index contributed by atoms with van der Waals surface area (Å²) in [5.74, 6) is -1.27. The van der Waals surface area contributed by atoms with Gasteiger partial charge in [-0.2, -0.15) is 9.37 Å². The van der Waals surface area contributed by atoms with E-state index < -0.39 is 11.8 Å². The van der Waals surface area contributed by atoms with E-state index in [1.807, 2.05) is 0 Å². The molecule has 12 heavy (non-hydrogen) atoms. The van der Waals surface area contributed by atoms with Crippen molar-refractivity contribution in [2.24, 2.45) is 0 Å². The van der Waals surface area contributed by atoms with Gasteiger partial charge >= 0.3 is 0 Å². The summed E-state index contributed by atoms with van der Waals surface area (Å²) in [6, 6.07) is 1.21. The van der Waals surface area contributed by atoms with Crippen molar-refractivity contribution in [3.63, 3.8) is 0 Å². The van der Waals surface area contributed by atoms with Crippen LogP contribution in [0.15, 0.2) is 12.3 Å². The van der Waals surface area contributed by atoms with Crippen molar-refractivity contribution >= 4 is 16.7 Å². The number of nitrogens with zero attached hydrogens (tertiary/aromatic N) is 1. The Balaban J connectivity index is 2.87. The smallest absolute Gasteiger partial charge is 0.238 e. The fraction of sp³-hybridized carbons (Fsp3) is 0. The van der Waals surface area contributed by atoms with Gasteiger partial charge in [0.15, 0.2) is 0 Å². The first-order valence-electron chi connectivity index (χ1n) is 3.27. The number of H-pyrrole nitrogens is 1. The lowest BCUT2D eigenvalue weighted by molar-refractivity contribution is 0.593. The van der Waals surface area contributed by atoms with E-state index in [4.69, 9.17) is 5.73 Å². The van der Waals surface area contributed by atoms with Gasteiger partial charge < -0.3 is 10.7 Å². The van der Waals surface area contributed by atoms with Gasteiger partial charge in [0.2, 0.25) is 5.95 Å². The summed E-state index contributed by atoms with van der Waals surface area (Å²) in [6.07, 6.45) is 1.11. The second-order valence-corrected chi connectivity index (χ2v) is 2.40. The van der Waals surface area contributed by atoms with Crippen LogP contribution in [-0.2, 0) is 0 Å². The van der Waals surface area contributed by atoms with Gasteiger partial charge in [0.1, 0.15) is 11.5 Å². The van der Waals surface area contributed by atoms with Crippen LogP contribution in [0.4, 0.5) is 14.5 Å². The van der Waals surface area contributed by atoms with E-state index in [0.717, 1.165) is 6.20 Å². The third-order valence-corrected chi connectivity index (χ3v) is 1.60. The standard InChI is InChI=1S/C7H5F2N3/c8-4-2-11-7-3(4)1-5(10)6(9)12-7/h1-2H,10H2,(H,11,12).